The largest absolute Gasteiger partial charge is 0.496 e. The van der Waals surface area contributed by atoms with E-state index >= 15 is 0 Å². The van der Waals surface area contributed by atoms with E-state index in [-0.39, 0.29) is 17.1 Å². The molecule has 2 aromatic rings. The van der Waals surface area contributed by atoms with E-state index in [1.54, 1.807) is 36.4 Å². The molecule has 142 valence electrons. The summed E-state index contributed by atoms with van der Waals surface area (Å²) in [5.41, 5.74) is 0.338. The van der Waals surface area contributed by atoms with Gasteiger partial charge in [-0.15, -0.1) is 11.8 Å². The Morgan fingerprint density at radius 1 is 1.22 bits per heavy atom. The zero-order chi connectivity index (χ0) is 19.4. The van der Waals surface area contributed by atoms with Gasteiger partial charge in [0.1, 0.15) is 22.9 Å². The second-order valence-corrected chi connectivity index (χ2v) is 6.99. The molecular weight excluding hydrogens is 370 g/mol. The molecule has 0 saturated carbocycles. The number of benzene rings is 1. The maximum Gasteiger partial charge on any atom is 0.330 e. The van der Waals surface area contributed by atoms with Crippen molar-refractivity contribution in [3.63, 3.8) is 0 Å². The van der Waals surface area contributed by atoms with Crippen LogP contribution in [-0.4, -0.2) is 48.1 Å². The summed E-state index contributed by atoms with van der Waals surface area (Å²) in [4.78, 5) is 38.4. The van der Waals surface area contributed by atoms with Gasteiger partial charge in [-0.2, -0.15) is 0 Å². The number of esters is 1. The molecule has 0 radical (unpaired) electrons. The lowest BCUT2D eigenvalue weighted by molar-refractivity contribution is -0.152. The second kappa shape index (κ2) is 8.30. The highest BCUT2D eigenvalue weighted by Crippen LogP contribution is 2.41. The zero-order valence-corrected chi connectivity index (χ0v) is 15.7. The van der Waals surface area contributed by atoms with Crippen LogP contribution in [0.2, 0.25) is 0 Å². The minimum Gasteiger partial charge on any atom is -0.496 e. The first-order chi connectivity index (χ1) is 13.0. The molecule has 3 rings (SSSR count). The van der Waals surface area contributed by atoms with Gasteiger partial charge < -0.3 is 18.8 Å². The lowest BCUT2D eigenvalue weighted by Crippen LogP contribution is -2.43. The van der Waals surface area contributed by atoms with Gasteiger partial charge in [0.2, 0.25) is 11.7 Å². The van der Waals surface area contributed by atoms with E-state index in [9.17, 15) is 14.4 Å². The molecule has 1 aliphatic rings. The van der Waals surface area contributed by atoms with Crippen molar-refractivity contribution in [1.29, 1.82) is 0 Å². The number of Topliss-reactive ketones (excluding diaryl/α,β-unsaturated/α-hetero) is 1. The number of hydrogen-bond donors (Lipinski definition) is 0. The summed E-state index contributed by atoms with van der Waals surface area (Å²) in [6.07, 6.45) is 1.52. The Kier molecular flexibility index (Phi) is 5.85. The van der Waals surface area contributed by atoms with Crippen LogP contribution in [0.1, 0.15) is 28.4 Å². The van der Waals surface area contributed by atoms with Gasteiger partial charge in [-0.1, -0.05) is 12.1 Å². The first kappa shape index (κ1) is 19.0. The molecule has 1 saturated heterocycles. The van der Waals surface area contributed by atoms with Crippen molar-refractivity contribution in [2.24, 2.45) is 0 Å². The van der Waals surface area contributed by atoms with E-state index in [1.165, 1.54) is 37.0 Å². The predicted molar refractivity (Wildman–Crippen MR) is 98.5 cm³/mol. The first-order valence-electron chi connectivity index (χ1n) is 8.29. The molecule has 0 aliphatic carbocycles. The quantitative estimate of drug-likeness (QED) is 0.554. The normalized spacial score (nSPS) is 19.0. The molecular formula is C19H19NO6S. The maximum atomic E-state index is 12.5. The van der Waals surface area contributed by atoms with Crippen LogP contribution in [0.15, 0.2) is 47.1 Å². The van der Waals surface area contributed by atoms with Crippen LogP contribution < -0.4 is 4.74 Å². The minimum atomic E-state index is -0.770. The molecule has 1 amide bonds. The third-order valence-corrected chi connectivity index (χ3v) is 5.46. The topological polar surface area (TPSA) is 86.1 Å². The Labute approximate surface area is 160 Å². The lowest BCUT2D eigenvalue weighted by atomic mass is 10.1. The summed E-state index contributed by atoms with van der Waals surface area (Å²) in [6, 6.07) is 9.43. The van der Waals surface area contributed by atoms with Gasteiger partial charge in [-0.3, -0.25) is 9.59 Å². The molecule has 1 aliphatic heterocycles. The monoisotopic (exact) mass is 389 g/mol. The lowest BCUT2D eigenvalue weighted by Gasteiger charge is -2.25. The zero-order valence-electron chi connectivity index (χ0n) is 14.9. The highest BCUT2D eigenvalue weighted by atomic mass is 32.2. The molecule has 27 heavy (non-hydrogen) atoms. The van der Waals surface area contributed by atoms with Crippen molar-refractivity contribution in [2.75, 3.05) is 19.5 Å². The van der Waals surface area contributed by atoms with Gasteiger partial charge >= 0.3 is 5.97 Å². The third kappa shape index (κ3) is 4.00. The Hall–Kier alpha value is -2.74. The van der Waals surface area contributed by atoms with Crippen molar-refractivity contribution >= 4 is 29.4 Å². The summed E-state index contributed by atoms with van der Waals surface area (Å²) in [5, 5.41) is -0.389. The van der Waals surface area contributed by atoms with E-state index in [2.05, 4.69) is 0 Å². The molecule has 8 heteroatoms. The molecule has 0 spiro atoms. The molecule has 2 heterocycles. The number of thioether (sulfide) groups is 1. The summed E-state index contributed by atoms with van der Waals surface area (Å²) in [6.45, 7) is 0.972. The fourth-order valence-electron chi connectivity index (χ4n) is 2.91. The van der Waals surface area contributed by atoms with Crippen LogP contribution in [0.25, 0.3) is 0 Å². The summed E-state index contributed by atoms with van der Waals surface area (Å²) >= 11 is 1.42. The van der Waals surface area contributed by atoms with Crippen molar-refractivity contribution in [1.82, 2.24) is 4.90 Å². The Bertz CT molecular complexity index is 834. The SMILES string of the molecule is COc1ccccc1C(=O)COC(=O)[C@@H]1CS[C@H](c2ccco2)N1C(C)=O. The summed E-state index contributed by atoms with van der Waals surface area (Å²) in [5.74, 6) is 0.124. The van der Waals surface area contributed by atoms with Crippen molar-refractivity contribution < 1.29 is 28.3 Å². The number of para-hydroxylation sites is 1. The Morgan fingerprint density at radius 3 is 2.67 bits per heavy atom. The van der Waals surface area contributed by atoms with Gasteiger partial charge in [-0.25, -0.2) is 4.79 Å². The highest BCUT2D eigenvalue weighted by Gasteiger charge is 2.43. The van der Waals surface area contributed by atoms with Gasteiger partial charge in [-0.05, 0) is 24.3 Å². The van der Waals surface area contributed by atoms with E-state index in [4.69, 9.17) is 13.9 Å². The highest BCUT2D eigenvalue weighted by molar-refractivity contribution is 7.99. The van der Waals surface area contributed by atoms with Crippen LogP contribution in [0, 0.1) is 0 Å². The Morgan fingerprint density at radius 2 is 2.00 bits per heavy atom. The number of nitrogens with zero attached hydrogens (tertiary/aromatic N) is 1. The molecule has 2 atom stereocenters. The van der Waals surface area contributed by atoms with Crippen LogP contribution in [0.5, 0.6) is 5.75 Å². The first-order valence-corrected chi connectivity index (χ1v) is 9.34. The molecule has 1 aromatic heterocycles. The number of hydrogen-bond acceptors (Lipinski definition) is 7. The Balaban J connectivity index is 1.67. The molecule has 1 fully saturated rings. The number of ketones is 1. The van der Waals surface area contributed by atoms with Crippen LogP contribution in [0.3, 0.4) is 0 Å². The molecule has 0 N–H and O–H groups in total. The minimum absolute atomic E-state index is 0.264. The van der Waals surface area contributed by atoms with Gasteiger partial charge in [0.15, 0.2) is 6.61 Å². The van der Waals surface area contributed by atoms with E-state index in [0.29, 0.717) is 22.8 Å². The number of rotatable bonds is 6. The molecule has 1 aromatic carbocycles. The van der Waals surface area contributed by atoms with Crippen LogP contribution in [0.4, 0.5) is 0 Å². The van der Waals surface area contributed by atoms with E-state index in [0.717, 1.165) is 0 Å². The fraction of sp³-hybridized carbons (Fsp3) is 0.316. The summed E-state index contributed by atoms with van der Waals surface area (Å²) < 4.78 is 15.7. The van der Waals surface area contributed by atoms with Gasteiger partial charge in [0, 0.05) is 12.7 Å². The molecule has 7 nitrogen and oxygen atoms in total. The maximum absolute atomic E-state index is 12.5. The van der Waals surface area contributed by atoms with E-state index < -0.39 is 18.6 Å². The standard InChI is InChI=1S/C19H19NO6S/c1-12(21)20-14(11-27-18(20)17-8-5-9-25-17)19(23)26-10-15(22)13-6-3-4-7-16(13)24-2/h3-9,14,18H,10-11H2,1-2H3/t14-,18+/m0/s1. The number of furan rings is 1. The van der Waals surface area contributed by atoms with Crippen LogP contribution >= 0.6 is 11.8 Å². The third-order valence-electron chi connectivity index (χ3n) is 4.18. The van der Waals surface area contributed by atoms with Crippen molar-refractivity contribution in [2.45, 2.75) is 18.3 Å². The molecule has 0 bridgehead atoms. The number of amides is 1. The average Bonchev–Trinajstić information content (AvgIpc) is 3.34. The average molecular weight is 389 g/mol. The van der Waals surface area contributed by atoms with Crippen molar-refractivity contribution in [3.8, 4) is 5.75 Å². The smallest absolute Gasteiger partial charge is 0.330 e. The van der Waals surface area contributed by atoms with E-state index in [1.807, 2.05) is 0 Å². The van der Waals surface area contributed by atoms with Gasteiger partial charge in [0.25, 0.3) is 0 Å². The fourth-order valence-corrected chi connectivity index (χ4v) is 4.32. The second-order valence-electron chi connectivity index (χ2n) is 5.87. The van der Waals surface area contributed by atoms with Gasteiger partial charge in [0.05, 0.1) is 18.9 Å². The predicted octanol–water partition coefficient (Wildman–Crippen LogP) is 2.68. The number of carbonyl (C=O) groups excluding carboxylic acids is 3. The number of methoxy groups -OCH3 is 1. The number of carbonyl (C=O) groups is 3. The number of ether oxygens (including phenoxy) is 2. The van der Waals surface area contributed by atoms with Crippen molar-refractivity contribution in [3.05, 3.63) is 54.0 Å². The van der Waals surface area contributed by atoms with Crippen LogP contribution in [-0.2, 0) is 14.3 Å². The molecule has 0 unspecified atom stereocenters. The summed E-state index contributed by atoms with van der Waals surface area (Å²) in [7, 11) is 1.47.